The van der Waals surface area contributed by atoms with Gasteiger partial charge in [-0.25, -0.2) is 9.18 Å². The van der Waals surface area contributed by atoms with Gasteiger partial charge in [-0.3, -0.25) is 0 Å². The summed E-state index contributed by atoms with van der Waals surface area (Å²) in [5, 5.41) is 5.58. The quantitative estimate of drug-likeness (QED) is 0.707. The van der Waals surface area contributed by atoms with Gasteiger partial charge in [0.25, 0.3) is 0 Å². The van der Waals surface area contributed by atoms with Crippen molar-refractivity contribution >= 4 is 17.4 Å². The topological polar surface area (TPSA) is 67.1 Å². The van der Waals surface area contributed by atoms with Gasteiger partial charge in [0.1, 0.15) is 5.82 Å². The summed E-state index contributed by atoms with van der Waals surface area (Å²) in [4.78, 5) is 11.7. The van der Waals surface area contributed by atoms with Crippen LogP contribution in [0.25, 0.3) is 0 Å². The number of nitrogens with two attached hydrogens (primary N) is 1. The molecule has 18 heavy (non-hydrogen) atoms. The van der Waals surface area contributed by atoms with Crippen molar-refractivity contribution in [3.8, 4) is 0 Å². The van der Waals surface area contributed by atoms with E-state index in [0.717, 1.165) is 25.7 Å². The highest BCUT2D eigenvalue weighted by Crippen LogP contribution is 2.18. The summed E-state index contributed by atoms with van der Waals surface area (Å²) in [6.07, 6.45) is 5.62. The number of nitrogens with one attached hydrogen (secondary N) is 2. The number of hydrogen-bond donors (Lipinski definition) is 3. The van der Waals surface area contributed by atoms with Crippen LogP contribution in [-0.4, -0.2) is 12.1 Å². The van der Waals surface area contributed by atoms with Gasteiger partial charge in [-0.1, -0.05) is 19.3 Å². The van der Waals surface area contributed by atoms with Crippen molar-refractivity contribution in [3.05, 3.63) is 24.0 Å². The second kappa shape index (κ2) is 5.71. The fourth-order valence-electron chi connectivity index (χ4n) is 2.22. The molecule has 98 valence electrons. The number of urea groups is 1. The van der Waals surface area contributed by atoms with Crippen molar-refractivity contribution < 1.29 is 9.18 Å². The third kappa shape index (κ3) is 3.35. The highest BCUT2D eigenvalue weighted by atomic mass is 19.1. The van der Waals surface area contributed by atoms with Crippen molar-refractivity contribution in [1.29, 1.82) is 0 Å². The number of nitrogen functional groups attached to an aromatic ring is 1. The van der Waals surface area contributed by atoms with Crippen molar-refractivity contribution in [2.75, 3.05) is 11.1 Å². The van der Waals surface area contributed by atoms with Gasteiger partial charge in [0.05, 0.1) is 5.69 Å². The summed E-state index contributed by atoms with van der Waals surface area (Å²) in [6, 6.07) is 4.14. The van der Waals surface area contributed by atoms with E-state index in [1.165, 1.54) is 24.6 Å². The monoisotopic (exact) mass is 251 g/mol. The van der Waals surface area contributed by atoms with Crippen molar-refractivity contribution in [2.45, 2.75) is 38.1 Å². The molecule has 1 saturated carbocycles. The molecule has 0 aromatic heterocycles. The first kappa shape index (κ1) is 12.7. The smallest absolute Gasteiger partial charge is 0.319 e. The molecular weight excluding hydrogens is 233 g/mol. The molecule has 0 radical (unpaired) electrons. The van der Waals surface area contributed by atoms with Crippen molar-refractivity contribution in [2.24, 2.45) is 0 Å². The van der Waals surface area contributed by atoms with Crippen molar-refractivity contribution in [3.63, 3.8) is 0 Å². The summed E-state index contributed by atoms with van der Waals surface area (Å²) >= 11 is 0. The molecule has 5 heteroatoms. The lowest BCUT2D eigenvalue weighted by Crippen LogP contribution is -2.39. The lowest BCUT2D eigenvalue weighted by Gasteiger charge is -2.22. The summed E-state index contributed by atoms with van der Waals surface area (Å²) < 4.78 is 13.0. The third-order valence-corrected chi connectivity index (χ3v) is 3.19. The van der Waals surface area contributed by atoms with E-state index in [9.17, 15) is 9.18 Å². The molecule has 1 aromatic carbocycles. The zero-order chi connectivity index (χ0) is 13.0. The van der Waals surface area contributed by atoms with Crippen LogP contribution in [0.1, 0.15) is 32.1 Å². The maximum atomic E-state index is 13.0. The molecule has 2 rings (SSSR count). The van der Waals surface area contributed by atoms with Gasteiger partial charge in [-0.2, -0.15) is 0 Å². The van der Waals surface area contributed by atoms with E-state index in [2.05, 4.69) is 10.6 Å². The number of hydrogen-bond acceptors (Lipinski definition) is 2. The summed E-state index contributed by atoms with van der Waals surface area (Å²) in [5.41, 5.74) is 5.97. The molecule has 0 heterocycles. The van der Waals surface area contributed by atoms with Crippen LogP contribution in [0.15, 0.2) is 18.2 Å². The van der Waals surface area contributed by atoms with Gasteiger partial charge in [0.2, 0.25) is 0 Å². The lowest BCUT2D eigenvalue weighted by atomic mass is 9.96. The van der Waals surface area contributed by atoms with Gasteiger partial charge in [0.15, 0.2) is 0 Å². The molecule has 4 N–H and O–H groups in total. The zero-order valence-corrected chi connectivity index (χ0v) is 10.2. The highest BCUT2D eigenvalue weighted by molar-refractivity contribution is 5.89. The van der Waals surface area contributed by atoms with E-state index in [4.69, 9.17) is 5.73 Å². The number of carbonyl (C=O) groups is 1. The normalized spacial score (nSPS) is 16.3. The number of rotatable bonds is 2. The fraction of sp³-hybridized carbons (Fsp3) is 0.462. The van der Waals surface area contributed by atoms with Gasteiger partial charge in [0, 0.05) is 11.7 Å². The molecule has 0 saturated heterocycles. The van der Waals surface area contributed by atoms with Crippen LogP contribution in [0.3, 0.4) is 0 Å². The summed E-state index contributed by atoms with van der Waals surface area (Å²) in [5.74, 6) is -0.478. The van der Waals surface area contributed by atoms with Crippen LogP contribution in [-0.2, 0) is 0 Å². The van der Waals surface area contributed by atoms with Crippen LogP contribution in [0.4, 0.5) is 20.6 Å². The Bertz CT molecular complexity index is 430. The number of carbonyl (C=O) groups excluding carboxylic acids is 1. The van der Waals surface area contributed by atoms with E-state index < -0.39 is 5.82 Å². The van der Waals surface area contributed by atoms with Gasteiger partial charge < -0.3 is 16.4 Å². The summed E-state index contributed by atoms with van der Waals surface area (Å²) in [7, 11) is 0. The van der Waals surface area contributed by atoms with Crippen molar-refractivity contribution in [1.82, 2.24) is 5.32 Å². The first-order valence-electron chi connectivity index (χ1n) is 6.27. The Morgan fingerprint density at radius 1 is 1.28 bits per heavy atom. The average Bonchev–Trinajstić information content (AvgIpc) is 2.35. The van der Waals surface area contributed by atoms with Crippen LogP contribution >= 0.6 is 0 Å². The second-order valence-corrected chi connectivity index (χ2v) is 4.67. The van der Waals surface area contributed by atoms with E-state index >= 15 is 0 Å². The number of amides is 2. The minimum atomic E-state index is -0.478. The summed E-state index contributed by atoms with van der Waals surface area (Å²) in [6.45, 7) is 0. The second-order valence-electron chi connectivity index (χ2n) is 4.67. The maximum absolute atomic E-state index is 13.0. The molecule has 0 unspecified atom stereocenters. The lowest BCUT2D eigenvalue weighted by molar-refractivity contribution is 0.244. The third-order valence-electron chi connectivity index (χ3n) is 3.19. The Morgan fingerprint density at radius 3 is 2.67 bits per heavy atom. The van der Waals surface area contributed by atoms with Crippen LogP contribution in [0, 0.1) is 5.82 Å². The minimum Gasteiger partial charge on any atom is -0.396 e. The number of anilines is 2. The first-order chi connectivity index (χ1) is 8.65. The molecular formula is C13H18FN3O. The van der Waals surface area contributed by atoms with Crippen LogP contribution in [0.2, 0.25) is 0 Å². The molecule has 1 aromatic rings. The standard InChI is InChI=1S/C13H18FN3O/c14-11-7-6-10(8-12(11)15)17-13(18)16-9-4-2-1-3-5-9/h6-9H,1-5,15H2,(H2,16,17,18). The highest BCUT2D eigenvalue weighted by Gasteiger charge is 2.15. The molecule has 2 amide bonds. The van der Waals surface area contributed by atoms with Gasteiger partial charge in [-0.15, -0.1) is 0 Å². The van der Waals surface area contributed by atoms with Gasteiger partial charge >= 0.3 is 6.03 Å². The largest absolute Gasteiger partial charge is 0.396 e. The number of benzene rings is 1. The minimum absolute atomic E-state index is 0.0328. The Morgan fingerprint density at radius 2 is 2.00 bits per heavy atom. The van der Waals surface area contributed by atoms with E-state index in [-0.39, 0.29) is 17.8 Å². The molecule has 4 nitrogen and oxygen atoms in total. The van der Waals surface area contributed by atoms with Crippen LogP contribution in [0.5, 0.6) is 0 Å². The molecule has 1 fully saturated rings. The van der Waals surface area contributed by atoms with E-state index in [1.807, 2.05) is 0 Å². The molecule has 0 atom stereocenters. The molecule has 1 aliphatic carbocycles. The predicted molar refractivity (Wildman–Crippen MR) is 69.8 cm³/mol. The Hall–Kier alpha value is -1.78. The predicted octanol–water partition coefficient (Wildman–Crippen LogP) is 2.86. The SMILES string of the molecule is Nc1cc(NC(=O)NC2CCCCC2)ccc1F. The fourth-order valence-corrected chi connectivity index (χ4v) is 2.22. The Labute approximate surface area is 106 Å². The van der Waals surface area contributed by atoms with Gasteiger partial charge in [-0.05, 0) is 31.0 Å². The maximum Gasteiger partial charge on any atom is 0.319 e. The first-order valence-corrected chi connectivity index (χ1v) is 6.27. The molecule has 0 bridgehead atoms. The molecule has 1 aliphatic rings. The number of halogens is 1. The Kier molecular flexibility index (Phi) is 4.02. The molecule has 0 aliphatic heterocycles. The Balaban J connectivity index is 1.88. The zero-order valence-electron chi connectivity index (χ0n) is 10.2. The van der Waals surface area contributed by atoms with Crippen LogP contribution < -0.4 is 16.4 Å². The average molecular weight is 251 g/mol. The van der Waals surface area contributed by atoms with E-state index in [1.54, 1.807) is 0 Å². The van der Waals surface area contributed by atoms with E-state index in [0.29, 0.717) is 5.69 Å². The molecule has 0 spiro atoms.